The van der Waals surface area contributed by atoms with Crippen molar-refractivity contribution >= 4 is 70.9 Å². The van der Waals surface area contributed by atoms with Gasteiger partial charge in [0.25, 0.3) is 10.0 Å². The topological polar surface area (TPSA) is 87.3 Å². The monoisotopic (exact) mass is 495 g/mol. The van der Waals surface area contributed by atoms with E-state index in [0.717, 1.165) is 0 Å². The van der Waals surface area contributed by atoms with Crippen molar-refractivity contribution in [1.82, 2.24) is 4.72 Å². The minimum atomic E-state index is -4.09. The van der Waals surface area contributed by atoms with Gasteiger partial charge >= 0.3 is 6.03 Å². The molecule has 0 spiro atoms. The summed E-state index contributed by atoms with van der Waals surface area (Å²) in [6, 6.07) is 8.49. The molecule has 0 saturated heterocycles. The molecule has 10 heteroatoms. The largest absolute Gasteiger partial charge is 0.386 e. The quantitative estimate of drug-likeness (QED) is 0.584. The molecule has 0 radical (unpaired) electrons. The highest BCUT2D eigenvalue weighted by atomic mass is 79.9. The molecule has 0 saturated carbocycles. The fourth-order valence-corrected chi connectivity index (χ4v) is 4.87. The molecule has 0 bridgehead atoms. The van der Waals surface area contributed by atoms with Crippen LogP contribution < -0.4 is 15.4 Å². The molecule has 2 aromatic rings. The summed E-state index contributed by atoms with van der Waals surface area (Å²) < 4.78 is 28.1. The number of urea groups is 1. The van der Waals surface area contributed by atoms with Gasteiger partial charge in [0.15, 0.2) is 0 Å². The number of amides is 2. The predicted octanol–water partition coefficient (Wildman–Crippen LogP) is 4.42. The Kier molecular flexibility index (Phi) is 6.13. The second-order valence-corrected chi connectivity index (χ2v) is 8.43. The number of nitrogens with one attached hydrogen (secondary N) is 3. The van der Waals surface area contributed by atoms with Crippen molar-refractivity contribution < 1.29 is 13.2 Å². The second kappa shape index (κ2) is 7.73. The normalized spacial score (nSPS) is 11.0. The van der Waals surface area contributed by atoms with E-state index in [1.807, 2.05) is 4.72 Å². The highest BCUT2D eigenvalue weighted by Crippen LogP contribution is 2.33. The van der Waals surface area contributed by atoms with Gasteiger partial charge in [-0.05, 0) is 52.3 Å². The molecule has 6 nitrogen and oxygen atoms in total. The third kappa shape index (κ3) is 4.62. The third-order valence-corrected chi connectivity index (χ3v) is 5.58. The van der Waals surface area contributed by atoms with Crippen LogP contribution >= 0.6 is 43.5 Å². The lowest BCUT2D eigenvalue weighted by molar-refractivity contribution is 0.256. The Morgan fingerprint density at radius 3 is 2.33 bits per heavy atom. The maximum Gasteiger partial charge on any atom is 0.333 e. The molecule has 0 unspecified atom stereocenters. The Hall–Kier alpha value is -1.29. The molecule has 2 aromatic carbocycles. The van der Waals surface area contributed by atoms with Crippen molar-refractivity contribution in [3.63, 3.8) is 0 Å². The molecule has 24 heavy (non-hydrogen) atoms. The zero-order chi connectivity index (χ0) is 17.9. The van der Waals surface area contributed by atoms with Crippen LogP contribution in [0.4, 0.5) is 16.2 Å². The minimum Gasteiger partial charge on any atom is -0.386 e. The van der Waals surface area contributed by atoms with Crippen LogP contribution in [0.5, 0.6) is 0 Å². The number of rotatable bonds is 4. The molecular weight excluding hydrogens is 486 g/mol. The van der Waals surface area contributed by atoms with Crippen LogP contribution in [-0.2, 0) is 10.0 Å². The van der Waals surface area contributed by atoms with Gasteiger partial charge in [-0.25, -0.2) is 17.9 Å². The lowest BCUT2D eigenvalue weighted by Crippen LogP contribution is -2.34. The number of carbonyl (C=O) groups is 1. The molecule has 3 N–H and O–H groups in total. The average Bonchev–Trinajstić information content (AvgIpc) is 2.48. The van der Waals surface area contributed by atoms with Crippen molar-refractivity contribution in [2.75, 3.05) is 17.7 Å². The van der Waals surface area contributed by atoms with E-state index in [-0.39, 0.29) is 4.90 Å². The van der Waals surface area contributed by atoms with E-state index in [1.165, 1.54) is 6.07 Å². The van der Waals surface area contributed by atoms with Gasteiger partial charge in [0.1, 0.15) is 4.90 Å². The van der Waals surface area contributed by atoms with Crippen LogP contribution in [0.3, 0.4) is 0 Å². The van der Waals surface area contributed by atoms with E-state index < -0.39 is 16.1 Å². The maximum absolute atomic E-state index is 12.5. The third-order valence-electron chi connectivity index (χ3n) is 2.89. The van der Waals surface area contributed by atoms with E-state index in [0.29, 0.717) is 25.3 Å². The average molecular weight is 498 g/mol. The lowest BCUT2D eigenvalue weighted by atomic mass is 10.3. The van der Waals surface area contributed by atoms with Gasteiger partial charge < -0.3 is 10.6 Å². The molecule has 0 fully saturated rings. The SMILES string of the molecule is CNc1c(Br)cc(Br)cc1S(=O)(=O)NC(=O)Nc1ccc(Cl)cc1. The number of sulfonamides is 1. The first-order chi connectivity index (χ1) is 11.2. The molecule has 2 rings (SSSR count). The van der Waals surface area contributed by atoms with Crippen LogP contribution in [-0.4, -0.2) is 21.5 Å². The van der Waals surface area contributed by atoms with E-state index in [9.17, 15) is 13.2 Å². The van der Waals surface area contributed by atoms with E-state index in [4.69, 9.17) is 11.6 Å². The Bertz CT molecular complexity index is 874. The number of anilines is 2. The zero-order valence-corrected chi connectivity index (χ0v) is 17.0. The van der Waals surface area contributed by atoms with Gasteiger partial charge in [0.2, 0.25) is 0 Å². The molecule has 0 aliphatic carbocycles. The summed E-state index contributed by atoms with van der Waals surface area (Å²) in [6.07, 6.45) is 0. The van der Waals surface area contributed by atoms with Crippen molar-refractivity contribution in [1.29, 1.82) is 0 Å². The Labute approximate surface area is 161 Å². The summed E-state index contributed by atoms with van der Waals surface area (Å²) in [6.45, 7) is 0. The molecule has 2 amide bonds. The van der Waals surface area contributed by atoms with Crippen molar-refractivity contribution in [2.24, 2.45) is 0 Å². The summed E-state index contributed by atoms with van der Waals surface area (Å²) in [5.41, 5.74) is 0.751. The van der Waals surface area contributed by atoms with Gasteiger partial charge in [-0.2, -0.15) is 0 Å². The fraction of sp³-hybridized carbons (Fsp3) is 0.0714. The maximum atomic E-state index is 12.5. The Balaban J connectivity index is 2.25. The summed E-state index contributed by atoms with van der Waals surface area (Å²) in [4.78, 5) is 11.9. The number of hydrogen-bond donors (Lipinski definition) is 3. The van der Waals surface area contributed by atoms with Gasteiger partial charge in [0, 0.05) is 26.7 Å². The highest BCUT2D eigenvalue weighted by molar-refractivity contribution is 9.11. The molecular formula is C14H12Br2ClN3O3S. The van der Waals surface area contributed by atoms with Gasteiger partial charge in [-0.3, -0.25) is 0 Å². The smallest absolute Gasteiger partial charge is 0.333 e. The van der Waals surface area contributed by atoms with Gasteiger partial charge in [0.05, 0.1) is 5.69 Å². The van der Waals surface area contributed by atoms with Crippen LogP contribution in [0.25, 0.3) is 0 Å². The first-order valence-corrected chi connectivity index (χ1v) is 9.94. The van der Waals surface area contributed by atoms with Crippen LogP contribution in [0.1, 0.15) is 0 Å². The summed E-state index contributed by atoms with van der Waals surface area (Å²) >= 11 is 12.3. The van der Waals surface area contributed by atoms with E-state index in [1.54, 1.807) is 37.4 Å². The standard InChI is InChI=1S/C14H12Br2ClN3O3S/c1-18-13-11(16)6-8(15)7-12(13)24(22,23)20-14(21)19-10-4-2-9(17)3-5-10/h2-7,18H,1H3,(H2,19,20,21). The van der Waals surface area contributed by atoms with E-state index >= 15 is 0 Å². The summed E-state index contributed by atoms with van der Waals surface area (Å²) in [5, 5.41) is 5.73. The van der Waals surface area contributed by atoms with Gasteiger partial charge in [-0.15, -0.1) is 0 Å². The zero-order valence-electron chi connectivity index (χ0n) is 12.2. The highest BCUT2D eigenvalue weighted by Gasteiger charge is 2.23. The minimum absolute atomic E-state index is 0.0718. The predicted molar refractivity (Wildman–Crippen MR) is 102 cm³/mol. The number of benzene rings is 2. The van der Waals surface area contributed by atoms with Crippen molar-refractivity contribution in [3.8, 4) is 0 Å². The summed E-state index contributed by atoms with van der Waals surface area (Å²) in [5.74, 6) is 0. The fourth-order valence-electron chi connectivity index (χ4n) is 1.87. The first kappa shape index (κ1) is 19.0. The van der Waals surface area contributed by atoms with Crippen molar-refractivity contribution in [3.05, 3.63) is 50.4 Å². The molecule has 0 aliphatic heterocycles. The van der Waals surface area contributed by atoms with E-state index in [2.05, 4.69) is 42.5 Å². The van der Waals surface area contributed by atoms with Crippen LogP contribution in [0.2, 0.25) is 5.02 Å². The molecule has 0 aromatic heterocycles. The Morgan fingerprint density at radius 2 is 1.75 bits per heavy atom. The molecule has 0 atom stereocenters. The van der Waals surface area contributed by atoms with Crippen LogP contribution in [0, 0.1) is 0 Å². The Morgan fingerprint density at radius 1 is 1.12 bits per heavy atom. The molecule has 0 heterocycles. The summed E-state index contributed by atoms with van der Waals surface area (Å²) in [7, 11) is -2.50. The van der Waals surface area contributed by atoms with Crippen LogP contribution in [0.15, 0.2) is 50.2 Å². The van der Waals surface area contributed by atoms with Crippen molar-refractivity contribution in [2.45, 2.75) is 4.90 Å². The number of hydrogen-bond acceptors (Lipinski definition) is 4. The second-order valence-electron chi connectivity index (χ2n) is 4.58. The molecule has 0 aliphatic rings. The lowest BCUT2D eigenvalue weighted by Gasteiger charge is -2.14. The number of carbonyl (C=O) groups excluding carboxylic acids is 1. The van der Waals surface area contributed by atoms with Gasteiger partial charge in [-0.1, -0.05) is 27.5 Å². The molecule has 128 valence electrons. The first-order valence-electron chi connectivity index (χ1n) is 6.49. The number of halogens is 3.